The third kappa shape index (κ3) is 5.61. The van der Waals surface area contributed by atoms with Crippen molar-refractivity contribution < 1.29 is 0 Å². The molecule has 1 aromatic carbocycles. The van der Waals surface area contributed by atoms with Gasteiger partial charge < -0.3 is 5.32 Å². The summed E-state index contributed by atoms with van der Waals surface area (Å²) in [5, 5.41) is 3.64. The molecule has 1 aromatic rings. The van der Waals surface area contributed by atoms with Crippen LogP contribution in [-0.4, -0.2) is 6.54 Å². The van der Waals surface area contributed by atoms with Crippen molar-refractivity contribution in [2.75, 3.05) is 6.54 Å². The highest BCUT2D eigenvalue weighted by molar-refractivity contribution is 5.30. The van der Waals surface area contributed by atoms with Crippen LogP contribution >= 0.6 is 0 Å². The summed E-state index contributed by atoms with van der Waals surface area (Å²) in [5.74, 6) is 0. The Morgan fingerprint density at radius 3 is 2.63 bits per heavy atom. The lowest BCUT2D eigenvalue weighted by Gasteiger charge is -2.21. The average molecular weight is 259 g/mol. The molecular formula is C18H29N. The molecule has 1 unspecified atom stereocenters. The second kappa shape index (κ2) is 9.80. The lowest BCUT2D eigenvalue weighted by atomic mass is 9.94. The first-order valence-electron chi connectivity index (χ1n) is 7.75. The van der Waals surface area contributed by atoms with Crippen LogP contribution in [0, 0.1) is 0 Å². The first-order chi connectivity index (χ1) is 9.33. The third-order valence-corrected chi connectivity index (χ3v) is 3.66. The molecule has 1 heteroatoms. The number of rotatable bonds is 10. The highest BCUT2D eigenvalue weighted by atomic mass is 14.9. The van der Waals surface area contributed by atoms with E-state index in [2.05, 4.69) is 50.0 Å². The Labute approximate surface area is 119 Å². The first-order valence-corrected chi connectivity index (χ1v) is 7.75. The maximum absolute atomic E-state index is 3.78. The zero-order valence-corrected chi connectivity index (χ0v) is 12.6. The minimum absolute atomic E-state index is 0.518. The fraction of sp³-hybridized carbons (Fsp3) is 0.556. The summed E-state index contributed by atoms with van der Waals surface area (Å²) in [7, 11) is 0. The molecule has 0 saturated carbocycles. The van der Waals surface area contributed by atoms with Gasteiger partial charge in [0.15, 0.2) is 0 Å². The third-order valence-electron chi connectivity index (χ3n) is 3.66. The van der Waals surface area contributed by atoms with E-state index in [1.54, 1.807) is 0 Å². The van der Waals surface area contributed by atoms with E-state index in [9.17, 15) is 0 Å². The van der Waals surface area contributed by atoms with Crippen molar-refractivity contribution in [2.45, 2.75) is 58.4 Å². The van der Waals surface area contributed by atoms with Crippen molar-refractivity contribution in [3.63, 3.8) is 0 Å². The van der Waals surface area contributed by atoms with Gasteiger partial charge in [0.25, 0.3) is 0 Å². The van der Waals surface area contributed by atoms with Crippen LogP contribution in [0.4, 0.5) is 0 Å². The molecule has 0 aliphatic rings. The second-order valence-electron chi connectivity index (χ2n) is 5.09. The molecule has 0 aromatic heterocycles. The van der Waals surface area contributed by atoms with Gasteiger partial charge in [-0.3, -0.25) is 0 Å². The van der Waals surface area contributed by atoms with E-state index in [-0.39, 0.29) is 0 Å². The summed E-state index contributed by atoms with van der Waals surface area (Å²) >= 11 is 0. The molecule has 0 saturated heterocycles. The summed E-state index contributed by atoms with van der Waals surface area (Å²) in [6, 6.07) is 9.38. The Hall–Kier alpha value is -1.08. The zero-order valence-electron chi connectivity index (χ0n) is 12.6. The van der Waals surface area contributed by atoms with E-state index in [0.29, 0.717) is 6.04 Å². The SMILES string of the molecule is C=CCCCCCC(NCC)c1ccccc1CC. The molecule has 0 amide bonds. The summed E-state index contributed by atoms with van der Waals surface area (Å²) < 4.78 is 0. The van der Waals surface area contributed by atoms with Gasteiger partial charge in [-0.25, -0.2) is 0 Å². The van der Waals surface area contributed by atoms with E-state index in [1.165, 1.54) is 36.8 Å². The van der Waals surface area contributed by atoms with Crippen molar-refractivity contribution in [2.24, 2.45) is 0 Å². The number of benzene rings is 1. The van der Waals surface area contributed by atoms with E-state index in [1.807, 2.05) is 6.08 Å². The van der Waals surface area contributed by atoms with Crippen molar-refractivity contribution in [1.29, 1.82) is 0 Å². The van der Waals surface area contributed by atoms with E-state index in [4.69, 9.17) is 0 Å². The standard InChI is InChI=1S/C18H29N/c1-4-7-8-9-10-15-18(19-6-3)17-14-12-11-13-16(17)5-2/h4,11-14,18-19H,1,5-10,15H2,2-3H3. The van der Waals surface area contributed by atoms with Crippen LogP contribution in [0.1, 0.15) is 63.1 Å². The summed E-state index contributed by atoms with van der Waals surface area (Å²) in [6.07, 6.45) is 9.41. The molecule has 0 heterocycles. The average Bonchev–Trinajstić information content (AvgIpc) is 2.46. The molecular weight excluding hydrogens is 230 g/mol. The van der Waals surface area contributed by atoms with Gasteiger partial charge in [-0.15, -0.1) is 6.58 Å². The summed E-state index contributed by atoms with van der Waals surface area (Å²) in [4.78, 5) is 0. The molecule has 0 bridgehead atoms. The first kappa shape index (κ1) is 16.0. The second-order valence-corrected chi connectivity index (χ2v) is 5.09. The van der Waals surface area contributed by atoms with Gasteiger partial charge in [0.1, 0.15) is 0 Å². The molecule has 0 spiro atoms. The monoisotopic (exact) mass is 259 g/mol. The minimum atomic E-state index is 0.518. The number of hydrogen-bond acceptors (Lipinski definition) is 1. The molecule has 1 nitrogen and oxygen atoms in total. The normalized spacial score (nSPS) is 12.3. The lowest BCUT2D eigenvalue weighted by molar-refractivity contribution is 0.481. The van der Waals surface area contributed by atoms with E-state index in [0.717, 1.165) is 19.4 Å². The van der Waals surface area contributed by atoms with E-state index >= 15 is 0 Å². The van der Waals surface area contributed by atoms with Crippen LogP contribution in [0.15, 0.2) is 36.9 Å². The highest BCUT2D eigenvalue weighted by Gasteiger charge is 2.12. The lowest BCUT2D eigenvalue weighted by Crippen LogP contribution is -2.22. The van der Waals surface area contributed by atoms with Gasteiger partial charge in [0, 0.05) is 6.04 Å². The van der Waals surface area contributed by atoms with Crippen LogP contribution in [0.5, 0.6) is 0 Å². The molecule has 106 valence electrons. The summed E-state index contributed by atoms with van der Waals surface area (Å²) in [6.45, 7) is 9.25. The van der Waals surface area contributed by atoms with Crippen LogP contribution in [0.3, 0.4) is 0 Å². The zero-order chi connectivity index (χ0) is 13.9. The Kier molecular flexibility index (Phi) is 8.24. The maximum Gasteiger partial charge on any atom is 0.0322 e. The van der Waals surface area contributed by atoms with Gasteiger partial charge in [-0.05, 0) is 43.4 Å². The van der Waals surface area contributed by atoms with Gasteiger partial charge in [-0.2, -0.15) is 0 Å². The molecule has 1 N–H and O–H groups in total. The van der Waals surface area contributed by atoms with Crippen LogP contribution in [0.2, 0.25) is 0 Å². The van der Waals surface area contributed by atoms with Gasteiger partial charge in [0.05, 0.1) is 0 Å². The Morgan fingerprint density at radius 1 is 1.16 bits per heavy atom. The van der Waals surface area contributed by atoms with Gasteiger partial charge in [0.2, 0.25) is 0 Å². The number of unbranched alkanes of at least 4 members (excludes halogenated alkanes) is 3. The Balaban J connectivity index is 2.57. The smallest absolute Gasteiger partial charge is 0.0322 e. The molecule has 0 fully saturated rings. The molecule has 0 aliphatic heterocycles. The fourth-order valence-corrected chi connectivity index (χ4v) is 2.62. The van der Waals surface area contributed by atoms with Crippen molar-refractivity contribution in [1.82, 2.24) is 5.32 Å². The molecule has 19 heavy (non-hydrogen) atoms. The Morgan fingerprint density at radius 2 is 1.95 bits per heavy atom. The number of aryl methyl sites for hydroxylation is 1. The molecule has 1 rings (SSSR count). The molecule has 0 radical (unpaired) electrons. The predicted molar refractivity (Wildman–Crippen MR) is 85.5 cm³/mol. The van der Waals surface area contributed by atoms with Gasteiger partial charge in [-0.1, -0.05) is 57.0 Å². The van der Waals surface area contributed by atoms with Crippen molar-refractivity contribution >= 4 is 0 Å². The quantitative estimate of drug-likeness (QED) is 0.458. The van der Waals surface area contributed by atoms with E-state index < -0.39 is 0 Å². The van der Waals surface area contributed by atoms with Crippen LogP contribution in [0.25, 0.3) is 0 Å². The topological polar surface area (TPSA) is 12.0 Å². The number of hydrogen-bond donors (Lipinski definition) is 1. The van der Waals surface area contributed by atoms with Crippen molar-refractivity contribution in [3.05, 3.63) is 48.0 Å². The minimum Gasteiger partial charge on any atom is -0.310 e. The number of allylic oxidation sites excluding steroid dienone is 1. The van der Waals surface area contributed by atoms with Crippen LogP contribution < -0.4 is 5.32 Å². The molecule has 1 atom stereocenters. The van der Waals surface area contributed by atoms with Crippen LogP contribution in [-0.2, 0) is 6.42 Å². The molecule has 0 aliphatic carbocycles. The maximum atomic E-state index is 3.78. The highest BCUT2D eigenvalue weighted by Crippen LogP contribution is 2.24. The predicted octanol–water partition coefficient (Wildman–Crippen LogP) is 5.04. The van der Waals surface area contributed by atoms with Gasteiger partial charge >= 0.3 is 0 Å². The number of nitrogens with one attached hydrogen (secondary N) is 1. The fourth-order valence-electron chi connectivity index (χ4n) is 2.62. The summed E-state index contributed by atoms with van der Waals surface area (Å²) in [5.41, 5.74) is 2.98. The van der Waals surface area contributed by atoms with Crippen molar-refractivity contribution in [3.8, 4) is 0 Å². The Bertz CT molecular complexity index is 356. The largest absolute Gasteiger partial charge is 0.310 e.